The second kappa shape index (κ2) is 10.9. The standard InChI is InChI=1S/C22H33N3O2/c1-5-7-9-13-18(14-10-8-6-2)22(26)21-17(3)25(24-23-21)19-15-11-12-16-20(19)27-4/h11-12,15-16,18H,5-10,13-14H2,1-4H3. The number of carbonyl (C=O) groups excluding carboxylic acids is 1. The molecule has 0 bridgehead atoms. The molecular formula is C22H33N3O2. The van der Waals surface area contributed by atoms with Gasteiger partial charge in [-0.1, -0.05) is 69.7 Å². The largest absolute Gasteiger partial charge is 0.494 e. The summed E-state index contributed by atoms with van der Waals surface area (Å²) >= 11 is 0. The summed E-state index contributed by atoms with van der Waals surface area (Å²) in [6.45, 7) is 6.29. The van der Waals surface area contributed by atoms with E-state index in [0.29, 0.717) is 11.4 Å². The van der Waals surface area contributed by atoms with Gasteiger partial charge < -0.3 is 4.74 Å². The van der Waals surface area contributed by atoms with E-state index in [0.717, 1.165) is 37.1 Å². The number of nitrogens with zero attached hydrogens (tertiary/aromatic N) is 3. The number of hydrogen-bond acceptors (Lipinski definition) is 4. The topological polar surface area (TPSA) is 57.0 Å². The minimum Gasteiger partial charge on any atom is -0.494 e. The fourth-order valence-electron chi connectivity index (χ4n) is 3.47. The van der Waals surface area contributed by atoms with Gasteiger partial charge in [-0.05, 0) is 31.9 Å². The van der Waals surface area contributed by atoms with Gasteiger partial charge in [-0.15, -0.1) is 5.10 Å². The molecule has 0 saturated heterocycles. The van der Waals surface area contributed by atoms with Gasteiger partial charge in [-0.3, -0.25) is 4.79 Å². The maximum atomic E-state index is 13.2. The quantitative estimate of drug-likeness (QED) is 0.363. The number of unbranched alkanes of at least 4 members (excludes halogenated alkanes) is 4. The van der Waals surface area contributed by atoms with Crippen molar-refractivity contribution >= 4 is 5.78 Å². The third-order valence-electron chi connectivity index (χ3n) is 5.12. The summed E-state index contributed by atoms with van der Waals surface area (Å²) in [6.07, 6.45) is 8.75. The zero-order valence-electron chi connectivity index (χ0n) is 17.2. The van der Waals surface area contributed by atoms with Gasteiger partial charge in [0.2, 0.25) is 0 Å². The minimum atomic E-state index is 0.0459. The molecular weight excluding hydrogens is 338 g/mol. The van der Waals surface area contributed by atoms with Crippen LogP contribution in [0.1, 0.15) is 81.4 Å². The van der Waals surface area contributed by atoms with Gasteiger partial charge in [0.25, 0.3) is 0 Å². The van der Waals surface area contributed by atoms with Crippen molar-refractivity contribution in [2.75, 3.05) is 7.11 Å². The average Bonchev–Trinajstić information content (AvgIpc) is 3.07. The number of carbonyl (C=O) groups is 1. The Morgan fingerprint density at radius 1 is 1.07 bits per heavy atom. The van der Waals surface area contributed by atoms with E-state index in [1.165, 1.54) is 25.7 Å². The average molecular weight is 372 g/mol. The van der Waals surface area contributed by atoms with Crippen molar-refractivity contribution in [1.82, 2.24) is 15.0 Å². The summed E-state index contributed by atoms with van der Waals surface area (Å²) in [4.78, 5) is 13.2. The third kappa shape index (κ3) is 5.41. The smallest absolute Gasteiger partial charge is 0.188 e. The molecule has 1 aromatic heterocycles. The van der Waals surface area contributed by atoms with Crippen LogP contribution < -0.4 is 4.74 Å². The lowest BCUT2D eigenvalue weighted by Crippen LogP contribution is -2.17. The first-order valence-electron chi connectivity index (χ1n) is 10.2. The monoisotopic (exact) mass is 371 g/mol. The van der Waals surface area contributed by atoms with Crippen LogP contribution in [0.4, 0.5) is 0 Å². The SMILES string of the molecule is CCCCCC(CCCCC)C(=O)c1nnn(-c2ccccc2OC)c1C. The van der Waals surface area contributed by atoms with Gasteiger partial charge >= 0.3 is 0 Å². The van der Waals surface area contributed by atoms with Crippen molar-refractivity contribution in [2.45, 2.75) is 72.1 Å². The Labute approximate surface area is 163 Å². The minimum absolute atomic E-state index is 0.0459. The van der Waals surface area contributed by atoms with Crippen molar-refractivity contribution in [3.8, 4) is 11.4 Å². The Kier molecular flexibility index (Phi) is 8.49. The van der Waals surface area contributed by atoms with Gasteiger partial charge in [-0.25, -0.2) is 4.68 Å². The lowest BCUT2D eigenvalue weighted by Gasteiger charge is -2.15. The molecule has 0 fully saturated rings. The Morgan fingerprint density at radius 3 is 2.30 bits per heavy atom. The molecule has 5 heteroatoms. The van der Waals surface area contributed by atoms with E-state index in [1.54, 1.807) is 11.8 Å². The summed E-state index contributed by atoms with van der Waals surface area (Å²) in [5, 5.41) is 8.51. The number of Topliss-reactive ketones (excluding diaryl/α,β-unsaturated/α-hetero) is 1. The zero-order chi connectivity index (χ0) is 19.6. The molecule has 0 aliphatic heterocycles. The summed E-state index contributed by atoms with van der Waals surface area (Å²) < 4.78 is 7.14. The molecule has 5 nitrogen and oxygen atoms in total. The molecule has 1 heterocycles. The van der Waals surface area contributed by atoms with E-state index in [2.05, 4.69) is 24.2 Å². The molecule has 2 aromatic rings. The molecule has 0 atom stereocenters. The highest BCUT2D eigenvalue weighted by Crippen LogP contribution is 2.26. The lowest BCUT2D eigenvalue weighted by atomic mass is 9.89. The normalized spacial score (nSPS) is 11.1. The van der Waals surface area contributed by atoms with Gasteiger partial charge in [0.15, 0.2) is 11.5 Å². The van der Waals surface area contributed by atoms with E-state index >= 15 is 0 Å². The molecule has 0 saturated carbocycles. The fourth-order valence-corrected chi connectivity index (χ4v) is 3.47. The highest BCUT2D eigenvalue weighted by molar-refractivity contribution is 5.97. The third-order valence-corrected chi connectivity index (χ3v) is 5.12. The van der Waals surface area contributed by atoms with Crippen LogP contribution >= 0.6 is 0 Å². The second-order valence-corrected chi connectivity index (χ2v) is 7.16. The first-order valence-corrected chi connectivity index (χ1v) is 10.2. The lowest BCUT2D eigenvalue weighted by molar-refractivity contribution is 0.0896. The number of ketones is 1. The molecule has 0 spiro atoms. The molecule has 2 rings (SSSR count). The van der Waals surface area contributed by atoms with Gasteiger partial charge in [0.1, 0.15) is 11.4 Å². The predicted molar refractivity (Wildman–Crippen MR) is 109 cm³/mol. The van der Waals surface area contributed by atoms with Crippen LogP contribution in [0.2, 0.25) is 0 Å². The van der Waals surface area contributed by atoms with Crippen molar-refractivity contribution in [1.29, 1.82) is 0 Å². The molecule has 0 radical (unpaired) electrons. The Hall–Kier alpha value is -2.17. The number of rotatable bonds is 12. The van der Waals surface area contributed by atoms with Crippen LogP contribution in [0.25, 0.3) is 5.69 Å². The number of aromatic nitrogens is 3. The predicted octanol–water partition coefficient (Wildman–Crippen LogP) is 5.54. The number of ether oxygens (including phenoxy) is 1. The van der Waals surface area contributed by atoms with Gasteiger partial charge in [-0.2, -0.15) is 0 Å². The van der Waals surface area contributed by atoms with Crippen LogP contribution in [0.15, 0.2) is 24.3 Å². The van der Waals surface area contributed by atoms with E-state index < -0.39 is 0 Å². The maximum absolute atomic E-state index is 13.2. The molecule has 0 amide bonds. The number of para-hydroxylation sites is 2. The Bertz CT molecular complexity index is 714. The molecule has 0 aliphatic rings. The first kappa shape index (κ1) is 21.1. The first-order chi connectivity index (χ1) is 13.1. The molecule has 0 N–H and O–H groups in total. The number of methoxy groups -OCH3 is 1. The number of benzene rings is 1. The van der Waals surface area contributed by atoms with Crippen LogP contribution in [0.3, 0.4) is 0 Å². The summed E-state index contributed by atoms with van der Waals surface area (Å²) in [7, 11) is 1.63. The van der Waals surface area contributed by atoms with Gasteiger partial charge in [0, 0.05) is 5.92 Å². The Morgan fingerprint density at radius 2 is 1.70 bits per heavy atom. The second-order valence-electron chi connectivity index (χ2n) is 7.16. The van der Waals surface area contributed by atoms with Crippen LogP contribution in [0.5, 0.6) is 5.75 Å². The van der Waals surface area contributed by atoms with Crippen molar-refractivity contribution < 1.29 is 9.53 Å². The highest BCUT2D eigenvalue weighted by Gasteiger charge is 2.25. The zero-order valence-corrected chi connectivity index (χ0v) is 17.2. The van der Waals surface area contributed by atoms with E-state index in [1.807, 2.05) is 31.2 Å². The van der Waals surface area contributed by atoms with E-state index in [4.69, 9.17) is 4.74 Å². The maximum Gasteiger partial charge on any atom is 0.188 e. The van der Waals surface area contributed by atoms with Crippen molar-refractivity contribution in [3.05, 3.63) is 35.7 Å². The van der Waals surface area contributed by atoms with E-state index in [9.17, 15) is 4.79 Å². The fraction of sp³-hybridized carbons (Fsp3) is 0.591. The molecule has 0 unspecified atom stereocenters. The molecule has 0 aliphatic carbocycles. The van der Waals surface area contributed by atoms with Crippen LogP contribution in [-0.4, -0.2) is 27.9 Å². The summed E-state index contributed by atoms with van der Waals surface area (Å²) in [5.41, 5.74) is 2.08. The van der Waals surface area contributed by atoms with Gasteiger partial charge in [0.05, 0.1) is 12.8 Å². The summed E-state index contributed by atoms with van der Waals surface area (Å²) in [5.74, 6) is 0.900. The van der Waals surface area contributed by atoms with E-state index in [-0.39, 0.29) is 11.7 Å². The molecule has 27 heavy (non-hydrogen) atoms. The van der Waals surface area contributed by atoms with Crippen LogP contribution in [-0.2, 0) is 0 Å². The highest BCUT2D eigenvalue weighted by atomic mass is 16.5. The molecule has 1 aromatic carbocycles. The summed E-state index contributed by atoms with van der Waals surface area (Å²) in [6, 6.07) is 7.65. The van der Waals surface area contributed by atoms with Crippen LogP contribution in [0, 0.1) is 12.8 Å². The Balaban J connectivity index is 2.23. The van der Waals surface area contributed by atoms with Crippen molar-refractivity contribution in [3.63, 3.8) is 0 Å². The number of hydrogen-bond donors (Lipinski definition) is 0. The van der Waals surface area contributed by atoms with Crippen molar-refractivity contribution in [2.24, 2.45) is 5.92 Å². The molecule has 148 valence electrons.